The van der Waals surface area contributed by atoms with Crippen LogP contribution in [0.25, 0.3) is 0 Å². The third kappa shape index (κ3) is 6.38. The number of rotatable bonds is 7. The van der Waals surface area contributed by atoms with Crippen molar-refractivity contribution in [3.63, 3.8) is 0 Å². The number of benzene rings is 2. The first-order chi connectivity index (χ1) is 13.7. The quantitative estimate of drug-likeness (QED) is 0.290. The number of aromatic nitrogens is 2. The lowest BCUT2D eigenvalue weighted by Crippen LogP contribution is -2.36. The van der Waals surface area contributed by atoms with Crippen molar-refractivity contribution in [3.05, 3.63) is 72.1 Å². The van der Waals surface area contributed by atoms with E-state index < -0.39 is 0 Å². The van der Waals surface area contributed by atoms with E-state index in [0.717, 1.165) is 23.0 Å². The van der Waals surface area contributed by atoms with E-state index >= 15 is 0 Å². The highest BCUT2D eigenvalue weighted by atomic mass is 127. The number of guanidine groups is 1. The molecule has 0 aliphatic carbocycles. The molecule has 7 nitrogen and oxygen atoms in total. The molecule has 0 fully saturated rings. The van der Waals surface area contributed by atoms with Gasteiger partial charge in [-0.1, -0.05) is 24.3 Å². The lowest BCUT2D eigenvalue weighted by atomic mass is 10.2. The van der Waals surface area contributed by atoms with Crippen LogP contribution in [0.15, 0.2) is 65.8 Å². The second-order valence-electron chi connectivity index (χ2n) is 6.12. The van der Waals surface area contributed by atoms with E-state index in [0.29, 0.717) is 24.6 Å². The van der Waals surface area contributed by atoms with Gasteiger partial charge in [0.25, 0.3) is 0 Å². The van der Waals surface area contributed by atoms with Crippen molar-refractivity contribution in [1.82, 2.24) is 20.4 Å². The SMILES string of the molecule is CN=C(NCc1ccc(Oc2ccccc2OC)cc1)NCc1ccnn1C.I. The minimum absolute atomic E-state index is 0. The van der Waals surface area contributed by atoms with Crippen LogP contribution in [0, 0.1) is 0 Å². The molecule has 0 unspecified atom stereocenters. The monoisotopic (exact) mass is 507 g/mol. The molecule has 0 atom stereocenters. The van der Waals surface area contributed by atoms with Crippen LogP contribution in [0.4, 0.5) is 0 Å². The largest absolute Gasteiger partial charge is 0.493 e. The number of halogens is 1. The van der Waals surface area contributed by atoms with Crippen molar-refractivity contribution in [1.29, 1.82) is 0 Å². The lowest BCUT2D eigenvalue weighted by molar-refractivity contribution is 0.379. The molecule has 0 bridgehead atoms. The predicted octanol–water partition coefficient (Wildman–Crippen LogP) is 3.70. The molecule has 154 valence electrons. The molecule has 3 aromatic rings. The molecule has 0 aliphatic rings. The van der Waals surface area contributed by atoms with Crippen molar-refractivity contribution in [2.45, 2.75) is 13.1 Å². The number of methoxy groups -OCH3 is 1. The van der Waals surface area contributed by atoms with E-state index in [-0.39, 0.29) is 24.0 Å². The standard InChI is InChI=1S/C21H25N5O2.HI/c1-22-21(24-15-17-12-13-25-26(17)2)23-14-16-8-10-18(11-9-16)28-20-7-5-4-6-19(20)27-3;/h4-13H,14-15H2,1-3H3,(H2,22,23,24);1H. The maximum absolute atomic E-state index is 5.90. The normalized spacial score (nSPS) is 10.8. The van der Waals surface area contributed by atoms with E-state index in [1.54, 1.807) is 20.4 Å². The van der Waals surface area contributed by atoms with Gasteiger partial charge in [0.1, 0.15) is 5.75 Å². The van der Waals surface area contributed by atoms with Crippen molar-refractivity contribution in [3.8, 4) is 17.2 Å². The number of aliphatic imine (C=N–C) groups is 1. The zero-order chi connectivity index (χ0) is 19.8. The van der Waals surface area contributed by atoms with Gasteiger partial charge in [-0.3, -0.25) is 9.67 Å². The summed E-state index contributed by atoms with van der Waals surface area (Å²) in [6.45, 7) is 1.31. The van der Waals surface area contributed by atoms with Gasteiger partial charge in [-0.05, 0) is 35.9 Å². The fraction of sp³-hybridized carbons (Fsp3) is 0.238. The van der Waals surface area contributed by atoms with Gasteiger partial charge in [0.15, 0.2) is 17.5 Å². The van der Waals surface area contributed by atoms with Crippen molar-refractivity contribution in [2.24, 2.45) is 12.0 Å². The first kappa shape index (κ1) is 22.5. The molecule has 0 aliphatic heterocycles. The van der Waals surface area contributed by atoms with Crippen molar-refractivity contribution in [2.75, 3.05) is 14.2 Å². The molecule has 0 spiro atoms. The van der Waals surface area contributed by atoms with Crippen LogP contribution in [0.5, 0.6) is 17.2 Å². The van der Waals surface area contributed by atoms with Crippen LogP contribution >= 0.6 is 24.0 Å². The van der Waals surface area contributed by atoms with Gasteiger partial charge in [-0.25, -0.2) is 0 Å². The summed E-state index contributed by atoms with van der Waals surface area (Å²) in [6, 6.07) is 17.5. The Morgan fingerprint density at radius 1 is 1.00 bits per heavy atom. The first-order valence-corrected chi connectivity index (χ1v) is 9.01. The molecule has 0 saturated heterocycles. The second-order valence-corrected chi connectivity index (χ2v) is 6.12. The molecular weight excluding hydrogens is 481 g/mol. The molecule has 0 saturated carbocycles. The molecule has 29 heavy (non-hydrogen) atoms. The summed E-state index contributed by atoms with van der Waals surface area (Å²) >= 11 is 0. The number of hydrogen-bond acceptors (Lipinski definition) is 4. The van der Waals surface area contributed by atoms with Crippen LogP contribution in [-0.2, 0) is 20.1 Å². The minimum atomic E-state index is 0. The number of para-hydroxylation sites is 2. The fourth-order valence-electron chi connectivity index (χ4n) is 2.66. The van der Waals surface area contributed by atoms with Gasteiger partial charge < -0.3 is 20.1 Å². The smallest absolute Gasteiger partial charge is 0.191 e. The topological polar surface area (TPSA) is 72.7 Å². The maximum Gasteiger partial charge on any atom is 0.191 e. The molecule has 2 aromatic carbocycles. The van der Waals surface area contributed by atoms with Gasteiger partial charge in [0.2, 0.25) is 0 Å². The number of aryl methyl sites for hydroxylation is 1. The minimum Gasteiger partial charge on any atom is -0.493 e. The van der Waals surface area contributed by atoms with Gasteiger partial charge in [0.05, 0.1) is 19.3 Å². The Morgan fingerprint density at radius 2 is 1.69 bits per heavy atom. The second kappa shape index (κ2) is 11.3. The molecular formula is C21H26IN5O2. The molecule has 8 heteroatoms. The summed E-state index contributed by atoms with van der Waals surface area (Å²) in [5, 5.41) is 10.7. The van der Waals surface area contributed by atoms with E-state index in [1.165, 1.54) is 0 Å². The number of ether oxygens (including phenoxy) is 2. The average molecular weight is 507 g/mol. The molecule has 3 rings (SSSR count). The Kier molecular flexibility index (Phi) is 8.78. The molecule has 0 amide bonds. The summed E-state index contributed by atoms with van der Waals surface area (Å²) in [5.41, 5.74) is 2.21. The van der Waals surface area contributed by atoms with E-state index in [1.807, 2.05) is 66.3 Å². The summed E-state index contributed by atoms with van der Waals surface area (Å²) < 4.78 is 13.1. The number of hydrogen-bond donors (Lipinski definition) is 2. The van der Waals surface area contributed by atoms with Gasteiger partial charge in [-0.2, -0.15) is 5.10 Å². The molecule has 2 N–H and O–H groups in total. The van der Waals surface area contributed by atoms with Gasteiger partial charge in [-0.15, -0.1) is 24.0 Å². The van der Waals surface area contributed by atoms with Crippen LogP contribution in [-0.4, -0.2) is 29.9 Å². The highest BCUT2D eigenvalue weighted by molar-refractivity contribution is 14.0. The number of nitrogens with zero attached hydrogens (tertiary/aromatic N) is 3. The van der Waals surface area contributed by atoms with Crippen LogP contribution in [0.2, 0.25) is 0 Å². The fourth-order valence-corrected chi connectivity index (χ4v) is 2.66. The third-order valence-corrected chi connectivity index (χ3v) is 4.26. The van der Waals surface area contributed by atoms with Crippen molar-refractivity contribution >= 4 is 29.9 Å². The summed E-state index contributed by atoms with van der Waals surface area (Å²) in [4.78, 5) is 4.25. The lowest BCUT2D eigenvalue weighted by Gasteiger charge is -2.13. The Hall–Kier alpha value is -2.75. The Morgan fingerprint density at radius 3 is 2.31 bits per heavy atom. The molecule has 1 heterocycles. The predicted molar refractivity (Wildman–Crippen MR) is 125 cm³/mol. The number of nitrogens with one attached hydrogen (secondary N) is 2. The Labute approximate surface area is 188 Å². The van der Waals surface area contributed by atoms with E-state index in [9.17, 15) is 0 Å². The van der Waals surface area contributed by atoms with Crippen molar-refractivity contribution < 1.29 is 9.47 Å². The average Bonchev–Trinajstić information content (AvgIpc) is 3.14. The summed E-state index contributed by atoms with van der Waals surface area (Å²) in [5.74, 6) is 2.88. The van der Waals surface area contributed by atoms with Crippen LogP contribution < -0.4 is 20.1 Å². The van der Waals surface area contributed by atoms with E-state index in [2.05, 4.69) is 20.7 Å². The van der Waals surface area contributed by atoms with E-state index in [4.69, 9.17) is 9.47 Å². The van der Waals surface area contributed by atoms with Crippen LogP contribution in [0.3, 0.4) is 0 Å². The molecule has 1 aromatic heterocycles. The Balaban J connectivity index is 0.00000300. The molecule has 0 radical (unpaired) electrons. The van der Waals surface area contributed by atoms with Gasteiger partial charge in [0, 0.05) is 26.8 Å². The highest BCUT2D eigenvalue weighted by Crippen LogP contribution is 2.30. The first-order valence-electron chi connectivity index (χ1n) is 9.01. The van der Waals surface area contributed by atoms with Crippen LogP contribution in [0.1, 0.15) is 11.3 Å². The maximum atomic E-state index is 5.90. The van der Waals surface area contributed by atoms with Gasteiger partial charge >= 0.3 is 0 Å². The Bertz CT molecular complexity index is 925. The third-order valence-electron chi connectivity index (χ3n) is 4.26. The summed E-state index contributed by atoms with van der Waals surface area (Å²) in [7, 11) is 5.30. The zero-order valence-electron chi connectivity index (χ0n) is 16.8. The zero-order valence-corrected chi connectivity index (χ0v) is 19.1. The highest BCUT2D eigenvalue weighted by Gasteiger charge is 2.05. The summed E-state index contributed by atoms with van der Waals surface area (Å²) in [6.07, 6.45) is 1.78.